The highest BCUT2D eigenvalue weighted by Gasteiger charge is 2.23. The third-order valence-electron chi connectivity index (χ3n) is 4.29. The van der Waals surface area contributed by atoms with Crippen molar-refractivity contribution in [2.75, 3.05) is 26.2 Å². The summed E-state index contributed by atoms with van der Waals surface area (Å²) in [6, 6.07) is 12.2. The summed E-state index contributed by atoms with van der Waals surface area (Å²) in [5.41, 5.74) is 1.43. The zero-order valence-electron chi connectivity index (χ0n) is 11.6. The second kappa shape index (κ2) is 6.51. The van der Waals surface area contributed by atoms with Gasteiger partial charge in [-0.05, 0) is 37.9 Å². The topological polar surface area (TPSA) is 29.4 Å². The number of likely N-dealkylation sites (tertiary alicyclic amines) is 1. The fourth-order valence-electron chi connectivity index (χ4n) is 3.15. The molecule has 1 N–H and O–H groups in total. The van der Waals surface area contributed by atoms with Gasteiger partial charge in [0.1, 0.15) is 0 Å². The summed E-state index contributed by atoms with van der Waals surface area (Å²) < 4.78 is 0. The van der Waals surface area contributed by atoms with E-state index in [2.05, 4.69) is 45.9 Å². The van der Waals surface area contributed by atoms with Gasteiger partial charge in [-0.2, -0.15) is 0 Å². The van der Waals surface area contributed by atoms with Crippen LogP contribution in [0.25, 0.3) is 0 Å². The number of piperidine rings is 1. The van der Waals surface area contributed by atoms with E-state index in [1.54, 1.807) is 0 Å². The fraction of sp³-hybridized carbons (Fsp3) is 0.625. The minimum Gasteiger partial charge on any atom is -0.310 e. The SMILES string of the molecule is c1ccc(CN2CCC(NC3CC[N]C3)CC2)cc1. The predicted molar refractivity (Wildman–Crippen MR) is 78.1 cm³/mol. The third kappa shape index (κ3) is 3.78. The maximum atomic E-state index is 4.43. The van der Waals surface area contributed by atoms with Gasteiger partial charge in [-0.15, -0.1) is 0 Å². The van der Waals surface area contributed by atoms with Gasteiger partial charge in [0.15, 0.2) is 0 Å². The average Bonchev–Trinajstić information content (AvgIpc) is 2.95. The zero-order valence-corrected chi connectivity index (χ0v) is 11.6. The Morgan fingerprint density at radius 2 is 1.84 bits per heavy atom. The Bertz CT molecular complexity index is 365. The summed E-state index contributed by atoms with van der Waals surface area (Å²) >= 11 is 0. The third-order valence-corrected chi connectivity index (χ3v) is 4.29. The van der Waals surface area contributed by atoms with Crippen LogP contribution in [0.4, 0.5) is 0 Å². The number of hydrogen-bond acceptors (Lipinski definition) is 2. The van der Waals surface area contributed by atoms with E-state index in [1.807, 2.05) is 0 Å². The molecule has 1 aromatic rings. The van der Waals surface area contributed by atoms with Crippen LogP contribution >= 0.6 is 0 Å². The first-order valence-electron chi connectivity index (χ1n) is 7.56. The largest absolute Gasteiger partial charge is 0.310 e. The van der Waals surface area contributed by atoms with Gasteiger partial charge >= 0.3 is 0 Å². The molecule has 19 heavy (non-hydrogen) atoms. The van der Waals surface area contributed by atoms with Crippen LogP contribution in [-0.4, -0.2) is 43.2 Å². The minimum absolute atomic E-state index is 0.658. The van der Waals surface area contributed by atoms with E-state index < -0.39 is 0 Å². The van der Waals surface area contributed by atoms with E-state index >= 15 is 0 Å². The van der Waals surface area contributed by atoms with E-state index in [9.17, 15) is 0 Å². The summed E-state index contributed by atoms with van der Waals surface area (Å²) in [5, 5.41) is 8.21. The standard InChI is InChI=1S/C16H24N3/c1-2-4-14(5-3-1)13-19-10-7-15(8-11-19)18-16-6-9-17-12-16/h1-5,15-16,18H,6-13H2. The second-order valence-corrected chi connectivity index (χ2v) is 5.82. The van der Waals surface area contributed by atoms with Crippen molar-refractivity contribution in [1.82, 2.24) is 15.5 Å². The molecule has 3 nitrogen and oxygen atoms in total. The molecule has 1 atom stereocenters. The van der Waals surface area contributed by atoms with E-state index in [0.717, 1.165) is 19.6 Å². The molecule has 0 aromatic heterocycles. The van der Waals surface area contributed by atoms with Crippen LogP contribution in [0.15, 0.2) is 30.3 Å². The van der Waals surface area contributed by atoms with Crippen LogP contribution < -0.4 is 10.6 Å². The Hall–Kier alpha value is -0.900. The van der Waals surface area contributed by atoms with Crippen LogP contribution in [0.3, 0.4) is 0 Å². The van der Waals surface area contributed by atoms with Crippen molar-refractivity contribution in [2.24, 2.45) is 0 Å². The number of nitrogens with one attached hydrogen (secondary N) is 1. The van der Waals surface area contributed by atoms with Crippen molar-refractivity contribution in [1.29, 1.82) is 0 Å². The fourth-order valence-corrected chi connectivity index (χ4v) is 3.15. The molecule has 2 aliphatic rings. The van der Waals surface area contributed by atoms with Crippen molar-refractivity contribution in [3.63, 3.8) is 0 Å². The van der Waals surface area contributed by atoms with Gasteiger partial charge in [0.2, 0.25) is 0 Å². The van der Waals surface area contributed by atoms with Crippen LogP contribution in [0.1, 0.15) is 24.8 Å². The van der Waals surface area contributed by atoms with Crippen LogP contribution in [0.5, 0.6) is 0 Å². The molecule has 3 heteroatoms. The van der Waals surface area contributed by atoms with Crippen LogP contribution in [-0.2, 0) is 6.54 Å². The van der Waals surface area contributed by atoms with Crippen molar-refractivity contribution < 1.29 is 0 Å². The molecule has 0 saturated carbocycles. The first kappa shape index (κ1) is 13.1. The molecule has 0 aliphatic carbocycles. The summed E-state index contributed by atoms with van der Waals surface area (Å²) in [4.78, 5) is 2.58. The van der Waals surface area contributed by atoms with Gasteiger partial charge in [-0.3, -0.25) is 4.90 Å². The Labute approximate surface area is 116 Å². The smallest absolute Gasteiger partial charge is 0.0288 e. The lowest BCUT2D eigenvalue weighted by Gasteiger charge is -2.33. The molecule has 2 fully saturated rings. The maximum Gasteiger partial charge on any atom is 0.0288 e. The molecule has 1 unspecified atom stereocenters. The normalized spacial score (nSPS) is 25.8. The first-order chi connectivity index (χ1) is 9.40. The molecule has 0 bridgehead atoms. The number of hydrogen-bond donors (Lipinski definition) is 1. The lowest BCUT2D eigenvalue weighted by molar-refractivity contribution is 0.185. The number of benzene rings is 1. The van der Waals surface area contributed by atoms with E-state index in [-0.39, 0.29) is 0 Å². The predicted octanol–water partition coefficient (Wildman–Crippen LogP) is 1.62. The summed E-state index contributed by atoms with van der Waals surface area (Å²) in [6.45, 7) is 5.63. The van der Waals surface area contributed by atoms with Crippen molar-refractivity contribution in [2.45, 2.75) is 37.9 Å². The van der Waals surface area contributed by atoms with E-state index in [1.165, 1.54) is 37.9 Å². The molecule has 0 amide bonds. The molecular weight excluding hydrogens is 234 g/mol. The molecule has 103 valence electrons. The Kier molecular flexibility index (Phi) is 4.49. The van der Waals surface area contributed by atoms with Crippen molar-refractivity contribution >= 4 is 0 Å². The highest BCUT2D eigenvalue weighted by molar-refractivity contribution is 5.14. The lowest BCUT2D eigenvalue weighted by atomic mass is 10.0. The number of rotatable bonds is 4. The quantitative estimate of drug-likeness (QED) is 0.889. The highest BCUT2D eigenvalue weighted by atomic mass is 15.1. The monoisotopic (exact) mass is 258 g/mol. The molecule has 1 aromatic carbocycles. The maximum absolute atomic E-state index is 4.43. The van der Waals surface area contributed by atoms with Gasteiger partial charge in [0, 0.05) is 31.7 Å². The molecule has 2 saturated heterocycles. The molecular formula is C16H24N3. The van der Waals surface area contributed by atoms with Gasteiger partial charge in [0.25, 0.3) is 0 Å². The minimum atomic E-state index is 0.658. The summed E-state index contributed by atoms with van der Waals surface area (Å²) in [7, 11) is 0. The molecule has 2 heterocycles. The lowest BCUT2D eigenvalue weighted by Crippen LogP contribution is -2.46. The van der Waals surface area contributed by atoms with Gasteiger partial charge in [-0.25, -0.2) is 5.32 Å². The summed E-state index contributed by atoms with van der Waals surface area (Å²) in [5.74, 6) is 0. The Morgan fingerprint density at radius 3 is 2.53 bits per heavy atom. The zero-order chi connectivity index (χ0) is 12.9. The van der Waals surface area contributed by atoms with E-state index in [4.69, 9.17) is 0 Å². The summed E-state index contributed by atoms with van der Waals surface area (Å²) in [6.07, 6.45) is 3.80. The van der Waals surface area contributed by atoms with E-state index in [0.29, 0.717) is 12.1 Å². The Balaban J connectivity index is 1.41. The molecule has 3 rings (SSSR count). The second-order valence-electron chi connectivity index (χ2n) is 5.82. The first-order valence-corrected chi connectivity index (χ1v) is 7.56. The van der Waals surface area contributed by atoms with Crippen molar-refractivity contribution in [3.05, 3.63) is 35.9 Å². The van der Waals surface area contributed by atoms with Crippen LogP contribution in [0.2, 0.25) is 0 Å². The highest BCUT2D eigenvalue weighted by Crippen LogP contribution is 2.15. The molecule has 1 radical (unpaired) electrons. The van der Waals surface area contributed by atoms with Gasteiger partial charge in [-0.1, -0.05) is 30.3 Å². The molecule has 0 spiro atoms. The van der Waals surface area contributed by atoms with Gasteiger partial charge < -0.3 is 5.32 Å². The number of nitrogens with zero attached hydrogens (tertiary/aromatic N) is 2. The molecule has 2 aliphatic heterocycles. The van der Waals surface area contributed by atoms with Crippen molar-refractivity contribution in [3.8, 4) is 0 Å². The van der Waals surface area contributed by atoms with Crippen LogP contribution in [0, 0.1) is 0 Å². The average molecular weight is 258 g/mol. The Morgan fingerprint density at radius 1 is 1.05 bits per heavy atom. The van der Waals surface area contributed by atoms with Gasteiger partial charge in [0.05, 0.1) is 0 Å².